The van der Waals surface area contributed by atoms with Gasteiger partial charge in [0.2, 0.25) is 0 Å². The van der Waals surface area contributed by atoms with E-state index >= 15 is 0 Å². The summed E-state index contributed by atoms with van der Waals surface area (Å²) in [5, 5.41) is 3.47. The first-order chi connectivity index (χ1) is 5.95. The van der Waals surface area contributed by atoms with E-state index in [4.69, 9.17) is 9.47 Å². The first-order valence-corrected chi connectivity index (χ1v) is 4.88. The highest BCUT2D eigenvalue weighted by atomic mass is 16.5. The minimum atomic E-state index is 0.464. The second-order valence-electron chi connectivity index (χ2n) is 3.60. The molecule has 70 valence electrons. The maximum atomic E-state index is 5.51. The van der Waals surface area contributed by atoms with Crippen molar-refractivity contribution in [2.75, 3.05) is 26.4 Å². The van der Waals surface area contributed by atoms with E-state index in [2.05, 4.69) is 5.32 Å². The van der Waals surface area contributed by atoms with Crippen molar-refractivity contribution >= 4 is 0 Å². The lowest BCUT2D eigenvalue weighted by atomic mass is 10.2. The van der Waals surface area contributed by atoms with Crippen molar-refractivity contribution in [1.82, 2.24) is 5.32 Å². The molecule has 2 fully saturated rings. The quantitative estimate of drug-likeness (QED) is 0.672. The predicted octanol–water partition coefficient (Wildman–Crippen LogP) is 0.544. The minimum absolute atomic E-state index is 0.464. The maximum absolute atomic E-state index is 5.51. The molecule has 1 N–H and O–H groups in total. The lowest BCUT2D eigenvalue weighted by Gasteiger charge is -2.14. The second kappa shape index (κ2) is 4.21. The molecule has 0 saturated carbocycles. The van der Waals surface area contributed by atoms with Crippen LogP contribution < -0.4 is 5.32 Å². The molecule has 0 aromatic carbocycles. The average Bonchev–Trinajstić information content (AvgIpc) is 2.74. The molecule has 2 saturated heterocycles. The van der Waals surface area contributed by atoms with Gasteiger partial charge in [0.25, 0.3) is 0 Å². The molecule has 0 aromatic rings. The molecule has 3 heteroatoms. The van der Waals surface area contributed by atoms with Crippen LogP contribution in [-0.4, -0.2) is 38.5 Å². The van der Waals surface area contributed by atoms with E-state index in [1.807, 2.05) is 0 Å². The van der Waals surface area contributed by atoms with E-state index in [-0.39, 0.29) is 0 Å². The van der Waals surface area contributed by atoms with Crippen molar-refractivity contribution in [3.63, 3.8) is 0 Å². The number of nitrogens with one attached hydrogen (secondary N) is 1. The fourth-order valence-corrected chi connectivity index (χ4v) is 1.80. The molecule has 2 atom stereocenters. The van der Waals surface area contributed by atoms with Gasteiger partial charge >= 0.3 is 0 Å². The Morgan fingerprint density at radius 3 is 2.92 bits per heavy atom. The SMILES string of the molecule is C1COC(CNC2CCOC2)C1. The van der Waals surface area contributed by atoms with E-state index in [9.17, 15) is 0 Å². The molecule has 0 amide bonds. The first kappa shape index (κ1) is 8.48. The third-order valence-electron chi connectivity index (χ3n) is 2.59. The monoisotopic (exact) mass is 171 g/mol. The maximum Gasteiger partial charge on any atom is 0.0700 e. The van der Waals surface area contributed by atoms with Gasteiger partial charge in [0.15, 0.2) is 0 Å². The number of hydrogen-bond donors (Lipinski definition) is 1. The Labute approximate surface area is 73.4 Å². The van der Waals surface area contributed by atoms with Gasteiger partial charge in [-0.05, 0) is 19.3 Å². The Kier molecular flexibility index (Phi) is 2.98. The largest absolute Gasteiger partial charge is 0.380 e. The van der Waals surface area contributed by atoms with Crippen LogP contribution in [0, 0.1) is 0 Å². The molecule has 0 aromatic heterocycles. The zero-order chi connectivity index (χ0) is 8.23. The van der Waals surface area contributed by atoms with E-state index in [0.717, 1.165) is 32.8 Å². The van der Waals surface area contributed by atoms with Gasteiger partial charge in [0.05, 0.1) is 12.7 Å². The summed E-state index contributed by atoms with van der Waals surface area (Å²) in [4.78, 5) is 0. The standard InChI is InChI=1S/C9H17NO2/c1-2-9(12-4-1)6-10-8-3-5-11-7-8/h8-10H,1-7H2. The summed E-state index contributed by atoms with van der Waals surface area (Å²) in [5.41, 5.74) is 0. The molecule has 2 aliphatic heterocycles. The van der Waals surface area contributed by atoms with Crippen molar-refractivity contribution in [2.45, 2.75) is 31.4 Å². The van der Waals surface area contributed by atoms with Gasteiger partial charge in [-0.2, -0.15) is 0 Å². The van der Waals surface area contributed by atoms with Crippen LogP contribution in [0.25, 0.3) is 0 Å². The Morgan fingerprint density at radius 2 is 2.25 bits per heavy atom. The van der Waals surface area contributed by atoms with Crippen LogP contribution in [0.4, 0.5) is 0 Å². The molecule has 2 unspecified atom stereocenters. The molecule has 2 heterocycles. The zero-order valence-corrected chi connectivity index (χ0v) is 7.42. The molecular weight excluding hydrogens is 154 g/mol. The fraction of sp³-hybridized carbons (Fsp3) is 1.00. The predicted molar refractivity (Wildman–Crippen MR) is 46.2 cm³/mol. The van der Waals surface area contributed by atoms with E-state index in [0.29, 0.717) is 12.1 Å². The van der Waals surface area contributed by atoms with Crippen LogP contribution >= 0.6 is 0 Å². The number of ether oxygens (including phenoxy) is 2. The van der Waals surface area contributed by atoms with Crippen molar-refractivity contribution in [2.24, 2.45) is 0 Å². The van der Waals surface area contributed by atoms with E-state index < -0.39 is 0 Å². The van der Waals surface area contributed by atoms with Gasteiger partial charge < -0.3 is 14.8 Å². The van der Waals surface area contributed by atoms with Crippen molar-refractivity contribution in [3.05, 3.63) is 0 Å². The Balaban J connectivity index is 1.60. The summed E-state index contributed by atoms with van der Waals surface area (Å²) in [6.07, 6.45) is 4.08. The highest BCUT2D eigenvalue weighted by molar-refractivity contribution is 4.75. The van der Waals surface area contributed by atoms with Crippen LogP contribution in [0.5, 0.6) is 0 Å². The smallest absolute Gasteiger partial charge is 0.0700 e. The number of hydrogen-bond acceptors (Lipinski definition) is 3. The van der Waals surface area contributed by atoms with Gasteiger partial charge in [-0.1, -0.05) is 0 Å². The topological polar surface area (TPSA) is 30.5 Å². The average molecular weight is 171 g/mol. The molecule has 2 rings (SSSR count). The van der Waals surface area contributed by atoms with Crippen LogP contribution in [-0.2, 0) is 9.47 Å². The summed E-state index contributed by atoms with van der Waals surface area (Å²) >= 11 is 0. The third kappa shape index (κ3) is 2.19. The Morgan fingerprint density at radius 1 is 1.25 bits per heavy atom. The van der Waals surface area contributed by atoms with Crippen molar-refractivity contribution < 1.29 is 9.47 Å². The van der Waals surface area contributed by atoms with Crippen LogP contribution in [0.15, 0.2) is 0 Å². The van der Waals surface area contributed by atoms with Crippen LogP contribution in [0.2, 0.25) is 0 Å². The minimum Gasteiger partial charge on any atom is -0.380 e. The summed E-state index contributed by atoms with van der Waals surface area (Å²) < 4.78 is 10.8. The van der Waals surface area contributed by atoms with E-state index in [1.165, 1.54) is 12.8 Å². The lowest BCUT2D eigenvalue weighted by Crippen LogP contribution is -2.35. The first-order valence-electron chi connectivity index (χ1n) is 4.88. The summed E-state index contributed by atoms with van der Waals surface area (Å²) in [7, 11) is 0. The molecule has 0 radical (unpaired) electrons. The fourth-order valence-electron chi connectivity index (χ4n) is 1.80. The van der Waals surface area contributed by atoms with Crippen LogP contribution in [0.3, 0.4) is 0 Å². The Bertz CT molecular complexity index is 112. The van der Waals surface area contributed by atoms with Gasteiger partial charge in [-0.3, -0.25) is 0 Å². The molecule has 0 spiro atoms. The molecule has 3 nitrogen and oxygen atoms in total. The van der Waals surface area contributed by atoms with Gasteiger partial charge in [-0.15, -0.1) is 0 Å². The summed E-state index contributed by atoms with van der Waals surface area (Å²) in [6.45, 7) is 3.76. The molecule has 2 aliphatic rings. The van der Waals surface area contributed by atoms with Crippen LogP contribution in [0.1, 0.15) is 19.3 Å². The number of rotatable bonds is 3. The van der Waals surface area contributed by atoms with Gasteiger partial charge in [0, 0.05) is 25.8 Å². The van der Waals surface area contributed by atoms with Gasteiger partial charge in [0.1, 0.15) is 0 Å². The van der Waals surface area contributed by atoms with Crippen molar-refractivity contribution in [1.29, 1.82) is 0 Å². The molecule has 0 aliphatic carbocycles. The van der Waals surface area contributed by atoms with Crippen molar-refractivity contribution in [3.8, 4) is 0 Å². The highest BCUT2D eigenvalue weighted by Gasteiger charge is 2.19. The summed E-state index contributed by atoms with van der Waals surface area (Å²) in [5.74, 6) is 0. The summed E-state index contributed by atoms with van der Waals surface area (Å²) in [6, 6.07) is 0.578. The van der Waals surface area contributed by atoms with E-state index in [1.54, 1.807) is 0 Å². The molecule has 0 bridgehead atoms. The zero-order valence-electron chi connectivity index (χ0n) is 7.42. The molecular formula is C9H17NO2. The normalized spacial score (nSPS) is 36.0. The van der Waals surface area contributed by atoms with Gasteiger partial charge in [-0.25, -0.2) is 0 Å². The lowest BCUT2D eigenvalue weighted by molar-refractivity contribution is 0.106. The Hall–Kier alpha value is -0.120. The third-order valence-corrected chi connectivity index (χ3v) is 2.59. The highest BCUT2D eigenvalue weighted by Crippen LogP contribution is 2.11. The molecule has 12 heavy (non-hydrogen) atoms. The second-order valence-corrected chi connectivity index (χ2v) is 3.60.